The van der Waals surface area contributed by atoms with Crippen molar-refractivity contribution in [1.82, 2.24) is 4.90 Å². The second-order valence-electron chi connectivity index (χ2n) is 7.78. The molecule has 0 aromatic heterocycles. The Morgan fingerprint density at radius 3 is 2.24 bits per heavy atom. The molecule has 2 aromatic carbocycles. The smallest absolute Gasteiger partial charge is 0.257 e. The van der Waals surface area contributed by atoms with E-state index in [1.165, 1.54) is 4.90 Å². The highest BCUT2D eigenvalue weighted by molar-refractivity contribution is 6.31. The Balaban J connectivity index is 1.66. The SMILES string of the molecule is Cc1ccc(C(=O)N(C2CCCC2)C2CC(=O)N(c3ccc(Cl)cc3)C2=O)cc1. The average Bonchev–Trinajstić information content (AvgIpc) is 3.33. The predicted molar refractivity (Wildman–Crippen MR) is 112 cm³/mol. The molecule has 2 fully saturated rings. The first kappa shape index (κ1) is 19.6. The largest absolute Gasteiger partial charge is 0.323 e. The van der Waals surface area contributed by atoms with Gasteiger partial charge in [-0.15, -0.1) is 0 Å². The van der Waals surface area contributed by atoms with E-state index in [9.17, 15) is 14.4 Å². The summed E-state index contributed by atoms with van der Waals surface area (Å²) in [6.45, 7) is 1.96. The van der Waals surface area contributed by atoms with Gasteiger partial charge in [-0.3, -0.25) is 14.4 Å². The van der Waals surface area contributed by atoms with Crippen LogP contribution >= 0.6 is 11.6 Å². The van der Waals surface area contributed by atoms with E-state index in [1.54, 1.807) is 41.3 Å². The van der Waals surface area contributed by atoms with E-state index in [1.807, 2.05) is 19.1 Å². The molecule has 2 aliphatic rings. The Labute approximate surface area is 175 Å². The van der Waals surface area contributed by atoms with Gasteiger partial charge in [0.15, 0.2) is 0 Å². The van der Waals surface area contributed by atoms with E-state index in [2.05, 4.69) is 0 Å². The van der Waals surface area contributed by atoms with Crippen molar-refractivity contribution in [2.45, 2.75) is 51.1 Å². The standard InChI is InChI=1S/C23H23ClN2O3/c1-15-6-8-16(9-7-15)22(28)25(18-4-2-3-5-18)20-14-21(27)26(23(20)29)19-12-10-17(24)11-13-19/h6-13,18,20H,2-5,14H2,1H3. The predicted octanol–water partition coefficient (Wildman–Crippen LogP) is 4.37. The molecule has 2 aromatic rings. The summed E-state index contributed by atoms with van der Waals surface area (Å²) < 4.78 is 0. The van der Waals surface area contributed by atoms with Crippen LogP contribution in [-0.4, -0.2) is 34.7 Å². The fourth-order valence-corrected chi connectivity index (χ4v) is 4.41. The minimum atomic E-state index is -0.768. The molecule has 1 saturated carbocycles. The fraction of sp³-hybridized carbons (Fsp3) is 0.348. The molecule has 0 spiro atoms. The minimum absolute atomic E-state index is 0.00949. The van der Waals surface area contributed by atoms with Crippen molar-refractivity contribution in [1.29, 1.82) is 0 Å². The Bertz CT molecular complexity index is 934. The highest BCUT2D eigenvalue weighted by atomic mass is 35.5. The second kappa shape index (κ2) is 7.99. The second-order valence-corrected chi connectivity index (χ2v) is 8.22. The number of halogens is 1. The maximum Gasteiger partial charge on any atom is 0.257 e. The number of imide groups is 1. The third kappa shape index (κ3) is 3.79. The summed E-state index contributed by atoms with van der Waals surface area (Å²) in [7, 11) is 0. The first-order valence-electron chi connectivity index (χ1n) is 9.97. The van der Waals surface area contributed by atoms with Gasteiger partial charge in [0.2, 0.25) is 5.91 Å². The van der Waals surface area contributed by atoms with Crippen LogP contribution in [0.1, 0.15) is 48.0 Å². The number of hydrogen-bond donors (Lipinski definition) is 0. The summed E-state index contributed by atoms with van der Waals surface area (Å²) in [5.74, 6) is -0.812. The minimum Gasteiger partial charge on any atom is -0.323 e. The number of aryl methyl sites for hydroxylation is 1. The molecule has 1 unspecified atom stereocenters. The van der Waals surface area contributed by atoms with Crippen LogP contribution in [0.4, 0.5) is 5.69 Å². The van der Waals surface area contributed by atoms with Crippen molar-refractivity contribution in [2.24, 2.45) is 0 Å². The summed E-state index contributed by atoms with van der Waals surface area (Å²) in [6.07, 6.45) is 3.78. The van der Waals surface area contributed by atoms with E-state index < -0.39 is 6.04 Å². The van der Waals surface area contributed by atoms with Crippen LogP contribution in [0.15, 0.2) is 48.5 Å². The normalized spacial score (nSPS) is 19.8. The van der Waals surface area contributed by atoms with Gasteiger partial charge in [-0.1, -0.05) is 42.1 Å². The zero-order valence-electron chi connectivity index (χ0n) is 16.3. The molecular formula is C23H23ClN2O3. The lowest BCUT2D eigenvalue weighted by molar-refractivity contribution is -0.123. The molecule has 0 N–H and O–H groups in total. The number of rotatable bonds is 4. The van der Waals surface area contributed by atoms with Crippen molar-refractivity contribution in [3.05, 3.63) is 64.7 Å². The molecular weight excluding hydrogens is 388 g/mol. The molecule has 1 saturated heterocycles. The van der Waals surface area contributed by atoms with Crippen molar-refractivity contribution in [2.75, 3.05) is 4.90 Å². The molecule has 1 atom stereocenters. The summed E-state index contributed by atoms with van der Waals surface area (Å²) in [4.78, 5) is 42.3. The van der Waals surface area contributed by atoms with Crippen LogP contribution in [0.3, 0.4) is 0 Å². The number of benzene rings is 2. The van der Waals surface area contributed by atoms with Crippen molar-refractivity contribution >= 4 is 35.0 Å². The van der Waals surface area contributed by atoms with E-state index in [0.717, 1.165) is 31.2 Å². The third-order valence-electron chi connectivity index (χ3n) is 5.79. The van der Waals surface area contributed by atoms with Gasteiger partial charge in [0.25, 0.3) is 11.8 Å². The Hall–Kier alpha value is -2.66. The zero-order chi connectivity index (χ0) is 20.5. The summed E-state index contributed by atoms with van der Waals surface area (Å²) in [5, 5.41) is 0.534. The highest BCUT2D eigenvalue weighted by Gasteiger charge is 2.47. The molecule has 1 aliphatic heterocycles. The monoisotopic (exact) mass is 410 g/mol. The van der Waals surface area contributed by atoms with Crippen LogP contribution in [-0.2, 0) is 9.59 Å². The number of hydrogen-bond acceptors (Lipinski definition) is 3. The lowest BCUT2D eigenvalue weighted by Gasteiger charge is -2.33. The lowest BCUT2D eigenvalue weighted by Crippen LogP contribution is -2.50. The molecule has 1 heterocycles. The molecule has 0 radical (unpaired) electrons. The van der Waals surface area contributed by atoms with Crippen molar-refractivity contribution in [3.63, 3.8) is 0 Å². The Morgan fingerprint density at radius 1 is 1.00 bits per heavy atom. The van der Waals surface area contributed by atoms with E-state index in [0.29, 0.717) is 16.3 Å². The molecule has 29 heavy (non-hydrogen) atoms. The van der Waals surface area contributed by atoms with Crippen molar-refractivity contribution < 1.29 is 14.4 Å². The summed E-state index contributed by atoms with van der Waals surface area (Å²) in [6, 6.07) is 13.2. The van der Waals surface area contributed by atoms with Crippen LogP contribution in [0, 0.1) is 6.92 Å². The number of carbonyl (C=O) groups is 3. The molecule has 4 rings (SSSR count). The third-order valence-corrected chi connectivity index (χ3v) is 6.05. The topological polar surface area (TPSA) is 57.7 Å². The average molecular weight is 411 g/mol. The quantitative estimate of drug-likeness (QED) is 0.703. The molecule has 0 bridgehead atoms. The van der Waals surface area contributed by atoms with Crippen LogP contribution in [0.25, 0.3) is 0 Å². The van der Waals surface area contributed by atoms with Crippen LogP contribution < -0.4 is 4.90 Å². The molecule has 1 aliphatic carbocycles. The first-order chi connectivity index (χ1) is 14.0. The number of amides is 3. The zero-order valence-corrected chi connectivity index (χ0v) is 17.1. The Morgan fingerprint density at radius 2 is 1.62 bits per heavy atom. The Kier molecular flexibility index (Phi) is 5.41. The van der Waals surface area contributed by atoms with Gasteiger partial charge in [-0.25, -0.2) is 4.90 Å². The van der Waals surface area contributed by atoms with Crippen molar-refractivity contribution in [3.8, 4) is 0 Å². The maximum absolute atomic E-state index is 13.4. The molecule has 3 amide bonds. The summed E-state index contributed by atoms with van der Waals surface area (Å²) >= 11 is 5.94. The lowest BCUT2D eigenvalue weighted by atomic mass is 10.0. The fourth-order valence-electron chi connectivity index (χ4n) is 4.28. The van der Waals surface area contributed by atoms with Crippen LogP contribution in [0.2, 0.25) is 5.02 Å². The van der Waals surface area contributed by atoms with Gasteiger partial charge in [-0.05, 0) is 56.2 Å². The summed E-state index contributed by atoms with van der Waals surface area (Å²) in [5.41, 5.74) is 2.10. The van der Waals surface area contributed by atoms with E-state index in [4.69, 9.17) is 11.6 Å². The number of anilines is 1. The van der Waals surface area contributed by atoms with Gasteiger partial charge >= 0.3 is 0 Å². The molecule has 6 heteroatoms. The number of carbonyl (C=O) groups excluding carboxylic acids is 3. The molecule has 5 nitrogen and oxygen atoms in total. The van der Waals surface area contributed by atoms with Crippen LogP contribution in [0.5, 0.6) is 0 Å². The van der Waals surface area contributed by atoms with E-state index in [-0.39, 0.29) is 30.2 Å². The van der Waals surface area contributed by atoms with Gasteiger partial charge in [0, 0.05) is 16.6 Å². The van der Waals surface area contributed by atoms with E-state index >= 15 is 0 Å². The highest BCUT2D eigenvalue weighted by Crippen LogP contribution is 2.33. The van der Waals surface area contributed by atoms with Gasteiger partial charge in [0.1, 0.15) is 6.04 Å². The molecule has 150 valence electrons. The number of nitrogens with zero attached hydrogens (tertiary/aromatic N) is 2. The van der Waals surface area contributed by atoms with Gasteiger partial charge in [-0.2, -0.15) is 0 Å². The van der Waals surface area contributed by atoms with Gasteiger partial charge < -0.3 is 4.90 Å². The maximum atomic E-state index is 13.4. The van der Waals surface area contributed by atoms with Gasteiger partial charge in [0.05, 0.1) is 12.1 Å². The first-order valence-corrected chi connectivity index (χ1v) is 10.3.